The summed E-state index contributed by atoms with van der Waals surface area (Å²) in [5.74, 6) is 0.310. The molecule has 5 aromatic rings. The van der Waals surface area contributed by atoms with E-state index < -0.39 is 0 Å². The maximum absolute atomic E-state index is 13.1. The van der Waals surface area contributed by atoms with Gasteiger partial charge in [0.1, 0.15) is 5.75 Å². The second-order valence-electron chi connectivity index (χ2n) is 7.26. The van der Waals surface area contributed by atoms with Crippen molar-refractivity contribution in [2.75, 3.05) is 12.4 Å². The number of rotatable bonds is 4. The molecule has 0 aliphatic rings. The molecule has 0 bridgehead atoms. The van der Waals surface area contributed by atoms with Gasteiger partial charge < -0.3 is 15.0 Å². The molecule has 6 heteroatoms. The van der Waals surface area contributed by atoms with Crippen LogP contribution in [0, 0.1) is 6.92 Å². The summed E-state index contributed by atoms with van der Waals surface area (Å²) in [4.78, 5) is 16.3. The van der Waals surface area contributed by atoms with Crippen molar-refractivity contribution in [2.24, 2.45) is 0 Å². The smallest absolute Gasteiger partial charge is 0.259 e. The van der Waals surface area contributed by atoms with Gasteiger partial charge in [0, 0.05) is 22.5 Å². The molecule has 2 aromatic heterocycles. The molecular weight excluding hydrogens is 376 g/mol. The number of nitrogens with zero attached hydrogens (tertiary/aromatic N) is 1. The maximum Gasteiger partial charge on any atom is 0.259 e. The lowest BCUT2D eigenvalue weighted by Crippen LogP contribution is -2.13. The number of ether oxygens (including phenoxy) is 1. The van der Waals surface area contributed by atoms with Crippen LogP contribution >= 0.6 is 0 Å². The normalized spacial score (nSPS) is 11.1. The lowest BCUT2D eigenvalue weighted by atomic mass is 9.99. The van der Waals surface area contributed by atoms with Crippen LogP contribution in [-0.2, 0) is 0 Å². The van der Waals surface area contributed by atoms with Gasteiger partial charge in [-0.1, -0.05) is 23.8 Å². The standard InChI is InChI=1S/C24H20N4O2/c1-14-6-7-23(30-2)18(10-14)24(29)27-21-11-15(12-22-19(21)13-26-28-22)16-4-3-5-20-17(16)8-9-25-20/h3-13,25H,1-2H3,(H,26,28)(H,27,29). The number of carbonyl (C=O) groups excluding carboxylic acids is 1. The summed E-state index contributed by atoms with van der Waals surface area (Å²) in [5.41, 5.74) is 6.16. The van der Waals surface area contributed by atoms with E-state index in [4.69, 9.17) is 4.74 Å². The third kappa shape index (κ3) is 2.99. The van der Waals surface area contributed by atoms with E-state index in [1.807, 2.05) is 49.5 Å². The number of carbonyl (C=O) groups is 1. The average molecular weight is 396 g/mol. The van der Waals surface area contributed by atoms with Crippen LogP contribution < -0.4 is 10.1 Å². The summed E-state index contributed by atoms with van der Waals surface area (Å²) in [7, 11) is 1.56. The molecule has 0 aliphatic heterocycles. The highest BCUT2D eigenvalue weighted by atomic mass is 16.5. The number of methoxy groups -OCH3 is 1. The van der Waals surface area contributed by atoms with Crippen molar-refractivity contribution in [1.29, 1.82) is 0 Å². The van der Waals surface area contributed by atoms with Crippen LogP contribution in [0.2, 0.25) is 0 Å². The lowest BCUT2D eigenvalue weighted by molar-refractivity contribution is 0.102. The number of anilines is 1. The van der Waals surface area contributed by atoms with Gasteiger partial charge in [-0.25, -0.2) is 0 Å². The van der Waals surface area contributed by atoms with Gasteiger partial charge in [-0.2, -0.15) is 5.10 Å². The van der Waals surface area contributed by atoms with E-state index in [1.165, 1.54) is 0 Å². The molecule has 0 saturated heterocycles. The molecule has 0 atom stereocenters. The number of amides is 1. The highest BCUT2D eigenvalue weighted by Gasteiger charge is 2.16. The molecule has 0 fully saturated rings. The van der Waals surface area contributed by atoms with Crippen LogP contribution in [0.3, 0.4) is 0 Å². The fourth-order valence-corrected chi connectivity index (χ4v) is 3.84. The number of H-pyrrole nitrogens is 2. The summed E-state index contributed by atoms with van der Waals surface area (Å²) < 4.78 is 5.38. The SMILES string of the molecule is COc1ccc(C)cc1C(=O)Nc1cc(-c2cccc3[nH]ccc23)cc2[nH]ncc12. The van der Waals surface area contributed by atoms with Gasteiger partial charge in [0.15, 0.2) is 0 Å². The summed E-state index contributed by atoms with van der Waals surface area (Å²) >= 11 is 0. The fourth-order valence-electron chi connectivity index (χ4n) is 3.84. The molecular formula is C24H20N4O2. The third-order valence-corrected chi connectivity index (χ3v) is 5.31. The minimum Gasteiger partial charge on any atom is -0.496 e. The molecule has 0 aliphatic carbocycles. The molecule has 1 amide bonds. The Hall–Kier alpha value is -4.06. The first-order valence-corrected chi connectivity index (χ1v) is 9.63. The first-order valence-electron chi connectivity index (χ1n) is 9.63. The Morgan fingerprint density at radius 2 is 1.93 bits per heavy atom. The highest BCUT2D eigenvalue weighted by molar-refractivity contribution is 6.11. The van der Waals surface area contributed by atoms with Crippen LogP contribution in [-0.4, -0.2) is 28.2 Å². The quantitative estimate of drug-likeness (QED) is 0.386. The van der Waals surface area contributed by atoms with Gasteiger partial charge in [-0.05, 0) is 54.4 Å². The molecule has 3 N–H and O–H groups in total. The summed E-state index contributed by atoms with van der Waals surface area (Å²) in [6, 6.07) is 17.8. The second kappa shape index (κ2) is 7.08. The van der Waals surface area contributed by atoms with Crippen LogP contribution in [0.5, 0.6) is 5.75 Å². The molecule has 0 unspecified atom stereocenters. The van der Waals surface area contributed by atoms with Gasteiger partial charge in [-0.3, -0.25) is 9.89 Å². The van der Waals surface area contributed by atoms with Crippen molar-refractivity contribution in [3.8, 4) is 16.9 Å². The molecule has 148 valence electrons. The first-order chi connectivity index (χ1) is 14.6. The molecule has 6 nitrogen and oxygen atoms in total. The minimum atomic E-state index is -0.227. The van der Waals surface area contributed by atoms with E-state index in [2.05, 4.69) is 32.6 Å². The van der Waals surface area contributed by atoms with Crippen molar-refractivity contribution < 1.29 is 9.53 Å². The Labute approximate surface area is 172 Å². The van der Waals surface area contributed by atoms with Gasteiger partial charge in [0.05, 0.1) is 30.1 Å². The molecule has 30 heavy (non-hydrogen) atoms. The zero-order valence-corrected chi connectivity index (χ0v) is 16.6. The predicted octanol–water partition coefficient (Wildman–Crippen LogP) is 5.28. The number of hydrogen-bond donors (Lipinski definition) is 3. The van der Waals surface area contributed by atoms with Gasteiger partial charge in [0.2, 0.25) is 0 Å². The molecule has 0 saturated carbocycles. The van der Waals surface area contributed by atoms with Crippen molar-refractivity contribution in [1.82, 2.24) is 15.2 Å². The Morgan fingerprint density at radius 1 is 1.03 bits per heavy atom. The largest absolute Gasteiger partial charge is 0.496 e. The Bertz CT molecular complexity index is 1400. The highest BCUT2D eigenvalue weighted by Crippen LogP contribution is 2.34. The van der Waals surface area contributed by atoms with E-state index in [1.54, 1.807) is 19.4 Å². The lowest BCUT2D eigenvalue weighted by Gasteiger charge is -2.13. The zero-order chi connectivity index (χ0) is 20.7. The van der Waals surface area contributed by atoms with E-state index >= 15 is 0 Å². The molecule has 0 radical (unpaired) electrons. The Balaban J connectivity index is 1.62. The third-order valence-electron chi connectivity index (χ3n) is 5.31. The second-order valence-corrected chi connectivity index (χ2v) is 7.26. The van der Waals surface area contributed by atoms with Crippen LogP contribution in [0.15, 0.2) is 67.0 Å². The topological polar surface area (TPSA) is 82.8 Å². The number of aromatic nitrogens is 3. The van der Waals surface area contributed by atoms with E-state index in [0.29, 0.717) is 17.0 Å². The van der Waals surface area contributed by atoms with Crippen molar-refractivity contribution in [3.63, 3.8) is 0 Å². The molecule has 0 spiro atoms. The summed E-state index contributed by atoms with van der Waals surface area (Å²) in [5, 5.41) is 12.2. The first kappa shape index (κ1) is 18.0. The zero-order valence-electron chi connectivity index (χ0n) is 16.6. The van der Waals surface area contributed by atoms with Crippen LogP contribution in [0.1, 0.15) is 15.9 Å². The van der Waals surface area contributed by atoms with Gasteiger partial charge in [0.25, 0.3) is 5.91 Å². The van der Waals surface area contributed by atoms with E-state index in [0.717, 1.165) is 38.5 Å². The number of hydrogen-bond acceptors (Lipinski definition) is 3. The number of aromatic amines is 2. The number of nitrogens with one attached hydrogen (secondary N) is 3. The number of benzene rings is 3. The number of aryl methyl sites for hydroxylation is 1. The average Bonchev–Trinajstić information content (AvgIpc) is 3.42. The van der Waals surface area contributed by atoms with Gasteiger partial charge in [-0.15, -0.1) is 0 Å². The molecule has 3 aromatic carbocycles. The monoisotopic (exact) mass is 396 g/mol. The van der Waals surface area contributed by atoms with Crippen molar-refractivity contribution in [3.05, 3.63) is 78.1 Å². The van der Waals surface area contributed by atoms with Gasteiger partial charge >= 0.3 is 0 Å². The summed E-state index contributed by atoms with van der Waals surface area (Å²) in [6.45, 7) is 1.95. The number of fused-ring (bicyclic) bond motifs is 2. The Kier molecular flexibility index (Phi) is 4.25. The fraction of sp³-hybridized carbons (Fsp3) is 0.0833. The van der Waals surface area contributed by atoms with E-state index in [-0.39, 0.29) is 5.91 Å². The summed E-state index contributed by atoms with van der Waals surface area (Å²) in [6.07, 6.45) is 3.65. The van der Waals surface area contributed by atoms with Crippen molar-refractivity contribution in [2.45, 2.75) is 6.92 Å². The van der Waals surface area contributed by atoms with E-state index in [9.17, 15) is 4.79 Å². The molecule has 2 heterocycles. The van der Waals surface area contributed by atoms with Crippen molar-refractivity contribution >= 4 is 33.4 Å². The Morgan fingerprint density at radius 3 is 2.80 bits per heavy atom. The predicted molar refractivity (Wildman–Crippen MR) is 119 cm³/mol. The maximum atomic E-state index is 13.1. The van der Waals surface area contributed by atoms with Crippen LogP contribution in [0.4, 0.5) is 5.69 Å². The van der Waals surface area contributed by atoms with Crippen LogP contribution in [0.25, 0.3) is 32.9 Å². The minimum absolute atomic E-state index is 0.227. The molecule has 5 rings (SSSR count).